The summed E-state index contributed by atoms with van der Waals surface area (Å²) in [4.78, 5) is 14.0. The van der Waals surface area contributed by atoms with Gasteiger partial charge in [0.2, 0.25) is 0 Å². The molecule has 3 unspecified atom stereocenters. The second-order valence-corrected chi connectivity index (χ2v) is 8.10. The Bertz CT molecular complexity index is 576. The molecule has 3 fully saturated rings. The number of benzene rings is 1. The summed E-state index contributed by atoms with van der Waals surface area (Å²) in [5, 5.41) is 9.65. The average Bonchev–Trinajstić information content (AvgIpc) is 3.24. The number of carbonyl (C=O) groups is 1. The van der Waals surface area contributed by atoms with E-state index < -0.39 is 5.97 Å². The zero-order valence-electron chi connectivity index (χ0n) is 14.5. The summed E-state index contributed by atoms with van der Waals surface area (Å²) in [5.41, 5.74) is 2.75. The van der Waals surface area contributed by atoms with E-state index in [0.29, 0.717) is 12.0 Å². The summed E-state index contributed by atoms with van der Waals surface area (Å²) >= 11 is 0. The maximum absolute atomic E-state index is 11.7. The zero-order valence-corrected chi connectivity index (χ0v) is 14.5. The van der Waals surface area contributed by atoms with Crippen LogP contribution in [-0.2, 0) is 11.3 Å². The molecule has 1 aliphatic heterocycles. The zero-order chi connectivity index (χ0) is 16.5. The van der Waals surface area contributed by atoms with Crippen molar-refractivity contribution < 1.29 is 9.90 Å². The molecule has 4 rings (SSSR count). The number of carboxylic acids is 1. The molecule has 1 N–H and O–H groups in total. The molecule has 0 spiro atoms. The summed E-state index contributed by atoms with van der Waals surface area (Å²) < 4.78 is 0. The highest BCUT2D eigenvalue weighted by Gasteiger charge is 2.44. The van der Waals surface area contributed by atoms with Crippen molar-refractivity contribution in [3.8, 4) is 0 Å². The number of fused-ring (bicyclic) bond motifs is 1. The highest BCUT2D eigenvalue weighted by molar-refractivity contribution is 5.74. The van der Waals surface area contributed by atoms with Gasteiger partial charge in [-0.15, -0.1) is 0 Å². The van der Waals surface area contributed by atoms with Crippen LogP contribution in [0.15, 0.2) is 24.3 Å². The van der Waals surface area contributed by atoms with Crippen molar-refractivity contribution in [1.29, 1.82) is 0 Å². The summed E-state index contributed by atoms with van der Waals surface area (Å²) in [6, 6.07) is 9.25. The monoisotopic (exact) mass is 327 g/mol. The maximum atomic E-state index is 11.7. The van der Waals surface area contributed by atoms with E-state index in [0.717, 1.165) is 18.9 Å². The topological polar surface area (TPSA) is 40.5 Å². The number of rotatable bonds is 4. The van der Waals surface area contributed by atoms with Gasteiger partial charge in [0.25, 0.3) is 0 Å². The smallest absolute Gasteiger partial charge is 0.320 e. The van der Waals surface area contributed by atoms with Crippen LogP contribution in [0.2, 0.25) is 0 Å². The normalized spacial score (nSPS) is 31.2. The fourth-order valence-corrected chi connectivity index (χ4v) is 5.39. The highest BCUT2D eigenvalue weighted by atomic mass is 16.4. The molecule has 1 aromatic carbocycles. The molecule has 0 amide bonds. The Hall–Kier alpha value is -1.35. The molecule has 3 nitrogen and oxygen atoms in total. The Labute approximate surface area is 145 Å². The van der Waals surface area contributed by atoms with Crippen LogP contribution in [0.5, 0.6) is 0 Å². The molecule has 2 saturated carbocycles. The van der Waals surface area contributed by atoms with E-state index in [1.165, 1.54) is 62.5 Å². The van der Waals surface area contributed by atoms with Gasteiger partial charge in [0.15, 0.2) is 0 Å². The molecule has 130 valence electrons. The first-order valence-corrected chi connectivity index (χ1v) is 9.80. The van der Waals surface area contributed by atoms with E-state index in [-0.39, 0.29) is 6.04 Å². The van der Waals surface area contributed by atoms with Crippen molar-refractivity contribution in [2.24, 2.45) is 5.92 Å². The van der Waals surface area contributed by atoms with E-state index in [4.69, 9.17) is 0 Å². The van der Waals surface area contributed by atoms with Crippen LogP contribution in [0.3, 0.4) is 0 Å². The second-order valence-electron chi connectivity index (χ2n) is 8.10. The Balaban J connectivity index is 1.48. The molecule has 3 atom stereocenters. The van der Waals surface area contributed by atoms with Crippen molar-refractivity contribution >= 4 is 5.97 Å². The first-order valence-electron chi connectivity index (χ1n) is 9.80. The Morgan fingerprint density at radius 3 is 2.38 bits per heavy atom. The fourth-order valence-electron chi connectivity index (χ4n) is 5.39. The van der Waals surface area contributed by atoms with Gasteiger partial charge in [-0.2, -0.15) is 0 Å². The van der Waals surface area contributed by atoms with E-state index in [1.54, 1.807) is 0 Å². The third kappa shape index (κ3) is 3.11. The van der Waals surface area contributed by atoms with Gasteiger partial charge in [0.05, 0.1) is 0 Å². The summed E-state index contributed by atoms with van der Waals surface area (Å²) in [6.45, 7) is 0.795. The first kappa shape index (κ1) is 16.1. The van der Waals surface area contributed by atoms with Crippen molar-refractivity contribution in [3.63, 3.8) is 0 Å². The van der Waals surface area contributed by atoms with Gasteiger partial charge in [-0.25, -0.2) is 0 Å². The minimum absolute atomic E-state index is 0.285. The molecule has 1 saturated heterocycles. The number of aliphatic carboxylic acids is 1. The molecule has 24 heavy (non-hydrogen) atoms. The summed E-state index contributed by atoms with van der Waals surface area (Å²) in [5.74, 6) is 0.713. The second kappa shape index (κ2) is 6.87. The Morgan fingerprint density at radius 1 is 1.00 bits per heavy atom. The number of hydrogen-bond donors (Lipinski definition) is 1. The molecule has 1 aromatic rings. The first-order chi connectivity index (χ1) is 11.7. The lowest BCUT2D eigenvalue weighted by Gasteiger charge is -2.33. The quantitative estimate of drug-likeness (QED) is 0.881. The lowest BCUT2D eigenvalue weighted by molar-refractivity contribution is -0.142. The molecular formula is C21H29NO2. The van der Waals surface area contributed by atoms with E-state index in [9.17, 15) is 9.90 Å². The van der Waals surface area contributed by atoms with Gasteiger partial charge in [0.1, 0.15) is 6.04 Å². The van der Waals surface area contributed by atoms with E-state index >= 15 is 0 Å². The molecule has 1 heterocycles. The standard InChI is InChI=1S/C21H29NO2/c23-21(24)20-13-18-7-3-4-8-19(18)22(20)14-15-9-11-17(12-10-15)16-5-1-2-6-16/h9-12,16,18-20H,1-8,13-14H2,(H,23,24). The lowest BCUT2D eigenvalue weighted by atomic mass is 9.84. The van der Waals surface area contributed by atoms with Gasteiger partial charge in [-0.1, -0.05) is 49.9 Å². The minimum atomic E-state index is -0.632. The lowest BCUT2D eigenvalue weighted by Crippen LogP contribution is -2.41. The van der Waals surface area contributed by atoms with Crippen molar-refractivity contribution in [1.82, 2.24) is 4.90 Å². The minimum Gasteiger partial charge on any atom is -0.480 e. The molecule has 0 aromatic heterocycles. The highest BCUT2D eigenvalue weighted by Crippen LogP contribution is 2.41. The third-order valence-corrected chi connectivity index (χ3v) is 6.68. The van der Waals surface area contributed by atoms with E-state index in [2.05, 4.69) is 29.2 Å². The predicted molar refractivity (Wildman–Crippen MR) is 95.0 cm³/mol. The van der Waals surface area contributed by atoms with Gasteiger partial charge >= 0.3 is 5.97 Å². The van der Waals surface area contributed by atoms with Crippen LogP contribution in [0, 0.1) is 5.92 Å². The van der Waals surface area contributed by atoms with Crippen molar-refractivity contribution in [2.75, 3.05) is 0 Å². The summed E-state index contributed by atoms with van der Waals surface area (Å²) in [7, 11) is 0. The average molecular weight is 327 g/mol. The van der Waals surface area contributed by atoms with Crippen LogP contribution in [0.25, 0.3) is 0 Å². The van der Waals surface area contributed by atoms with E-state index in [1.807, 2.05) is 0 Å². The van der Waals surface area contributed by atoms with Crippen molar-refractivity contribution in [2.45, 2.75) is 82.3 Å². The van der Waals surface area contributed by atoms with Crippen LogP contribution in [-0.4, -0.2) is 28.1 Å². The Morgan fingerprint density at radius 2 is 1.67 bits per heavy atom. The molecule has 3 aliphatic rings. The maximum Gasteiger partial charge on any atom is 0.320 e. The summed E-state index contributed by atoms with van der Waals surface area (Å²) in [6.07, 6.45) is 11.2. The van der Waals surface area contributed by atoms with Crippen molar-refractivity contribution in [3.05, 3.63) is 35.4 Å². The third-order valence-electron chi connectivity index (χ3n) is 6.68. The van der Waals surface area contributed by atoms with Gasteiger partial charge in [-0.3, -0.25) is 9.69 Å². The SMILES string of the molecule is O=C(O)C1CC2CCCCC2N1Cc1ccc(C2CCCC2)cc1. The fraction of sp³-hybridized carbons (Fsp3) is 0.667. The van der Waals surface area contributed by atoms with Gasteiger partial charge < -0.3 is 5.11 Å². The molecular weight excluding hydrogens is 298 g/mol. The Kier molecular flexibility index (Phi) is 4.62. The number of hydrogen-bond acceptors (Lipinski definition) is 2. The molecule has 2 aliphatic carbocycles. The predicted octanol–water partition coefficient (Wildman–Crippen LogP) is 4.56. The largest absolute Gasteiger partial charge is 0.480 e. The van der Waals surface area contributed by atoms with Crippen LogP contribution >= 0.6 is 0 Å². The van der Waals surface area contributed by atoms with Crippen LogP contribution < -0.4 is 0 Å². The van der Waals surface area contributed by atoms with Crippen LogP contribution in [0.1, 0.15) is 74.8 Å². The molecule has 0 bridgehead atoms. The van der Waals surface area contributed by atoms with Gasteiger partial charge in [-0.05, 0) is 55.1 Å². The number of nitrogens with zero attached hydrogens (tertiary/aromatic N) is 1. The number of carboxylic acid groups (broad SMARTS) is 1. The number of likely N-dealkylation sites (tertiary alicyclic amines) is 1. The molecule has 3 heteroatoms. The van der Waals surface area contributed by atoms with Crippen LogP contribution in [0.4, 0.5) is 0 Å². The van der Waals surface area contributed by atoms with Gasteiger partial charge in [0, 0.05) is 12.6 Å². The molecule has 0 radical (unpaired) electrons.